The number of nitrogens with zero attached hydrogens (tertiary/aromatic N) is 1. The van der Waals surface area contributed by atoms with E-state index in [0.717, 1.165) is 19.4 Å². The Hall–Kier alpha value is -1.37. The van der Waals surface area contributed by atoms with Crippen LogP contribution >= 0.6 is 11.3 Å². The lowest BCUT2D eigenvalue weighted by atomic mass is 10.1. The molecular formula is C15H16N2S. The fourth-order valence-electron chi connectivity index (χ4n) is 2.77. The van der Waals surface area contributed by atoms with Crippen molar-refractivity contribution in [1.82, 2.24) is 5.32 Å². The molecule has 0 aliphatic heterocycles. The number of rotatable bonds is 3. The highest BCUT2D eigenvalue weighted by Gasteiger charge is 2.26. The van der Waals surface area contributed by atoms with Crippen molar-refractivity contribution in [3.8, 4) is 6.07 Å². The first kappa shape index (κ1) is 11.7. The van der Waals surface area contributed by atoms with Crippen molar-refractivity contribution in [2.45, 2.75) is 31.8 Å². The van der Waals surface area contributed by atoms with Gasteiger partial charge in [0.2, 0.25) is 0 Å². The van der Waals surface area contributed by atoms with Crippen LogP contribution in [0.5, 0.6) is 0 Å². The van der Waals surface area contributed by atoms with Crippen molar-refractivity contribution in [3.63, 3.8) is 0 Å². The largest absolute Gasteiger partial charge is 0.309 e. The van der Waals surface area contributed by atoms with E-state index in [1.807, 2.05) is 0 Å². The predicted octanol–water partition coefficient (Wildman–Crippen LogP) is 3.68. The molecule has 0 radical (unpaired) electrons. The van der Waals surface area contributed by atoms with Crippen LogP contribution in [0.4, 0.5) is 0 Å². The maximum Gasteiger partial charge on any atom is 0.0672 e. The number of thiophene rings is 1. The molecule has 2 aromatic rings. The van der Waals surface area contributed by atoms with Crippen molar-refractivity contribution in [2.24, 2.45) is 5.92 Å². The van der Waals surface area contributed by atoms with Gasteiger partial charge in [-0.1, -0.05) is 24.6 Å². The van der Waals surface area contributed by atoms with E-state index < -0.39 is 0 Å². The first-order valence-corrected chi connectivity index (χ1v) is 7.34. The van der Waals surface area contributed by atoms with Gasteiger partial charge in [0.15, 0.2) is 0 Å². The molecule has 92 valence electrons. The average molecular weight is 256 g/mol. The molecule has 1 fully saturated rings. The number of fused-ring (bicyclic) bond motifs is 1. The molecule has 2 unspecified atom stereocenters. The second-order valence-electron chi connectivity index (χ2n) is 4.91. The SMILES string of the molecule is N#CC1CCCC1NCc1csc2ccccc12. The number of nitrogens with one attached hydrogen (secondary N) is 1. The molecule has 0 spiro atoms. The van der Waals surface area contributed by atoms with Gasteiger partial charge in [-0.3, -0.25) is 0 Å². The lowest BCUT2D eigenvalue weighted by Gasteiger charge is -2.15. The van der Waals surface area contributed by atoms with Crippen molar-refractivity contribution in [1.29, 1.82) is 5.26 Å². The molecule has 1 aliphatic rings. The molecule has 18 heavy (non-hydrogen) atoms. The van der Waals surface area contributed by atoms with E-state index >= 15 is 0 Å². The molecule has 1 aromatic carbocycles. The summed E-state index contributed by atoms with van der Waals surface area (Å²) < 4.78 is 1.34. The summed E-state index contributed by atoms with van der Waals surface area (Å²) in [7, 11) is 0. The Kier molecular flexibility index (Phi) is 3.31. The van der Waals surface area contributed by atoms with Gasteiger partial charge in [0, 0.05) is 17.3 Å². The Morgan fingerprint density at radius 1 is 1.33 bits per heavy atom. The number of hydrogen-bond donors (Lipinski definition) is 1. The monoisotopic (exact) mass is 256 g/mol. The van der Waals surface area contributed by atoms with Crippen LogP contribution in [0.2, 0.25) is 0 Å². The van der Waals surface area contributed by atoms with Crippen LogP contribution in [0.3, 0.4) is 0 Å². The van der Waals surface area contributed by atoms with Crippen LogP contribution in [0.25, 0.3) is 10.1 Å². The highest BCUT2D eigenvalue weighted by Crippen LogP contribution is 2.28. The molecule has 0 bridgehead atoms. The van der Waals surface area contributed by atoms with Crippen LogP contribution in [0.15, 0.2) is 29.6 Å². The Balaban J connectivity index is 1.72. The van der Waals surface area contributed by atoms with Crippen LogP contribution in [-0.4, -0.2) is 6.04 Å². The molecular weight excluding hydrogens is 240 g/mol. The van der Waals surface area contributed by atoms with E-state index in [1.54, 1.807) is 11.3 Å². The van der Waals surface area contributed by atoms with Gasteiger partial charge >= 0.3 is 0 Å². The standard InChI is InChI=1S/C15H16N2S/c16-8-11-4-3-6-14(11)17-9-12-10-18-15-7-2-1-5-13(12)15/h1-2,5,7,10-11,14,17H,3-4,6,9H2. The van der Waals surface area contributed by atoms with Gasteiger partial charge < -0.3 is 5.32 Å². The smallest absolute Gasteiger partial charge is 0.0672 e. The lowest BCUT2D eigenvalue weighted by molar-refractivity contribution is 0.465. The molecule has 1 saturated carbocycles. The second-order valence-corrected chi connectivity index (χ2v) is 5.82. The summed E-state index contributed by atoms with van der Waals surface area (Å²) in [5, 5.41) is 16.2. The van der Waals surface area contributed by atoms with Crippen molar-refractivity contribution in [2.75, 3.05) is 0 Å². The molecule has 0 saturated heterocycles. The minimum absolute atomic E-state index is 0.204. The minimum atomic E-state index is 0.204. The van der Waals surface area contributed by atoms with Crippen molar-refractivity contribution >= 4 is 21.4 Å². The zero-order chi connectivity index (χ0) is 12.4. The molecule has 1 N–H and O–H groups in total. The van der Waals surface area contributed by atoms with Gasteiger partial charge in [-0.25, -0.2) is 0 Å². The first-order chi connectivity index (χ1) is 8.88. The van der Waals surface area contributed by atoms with Crippen molar-refractivity contribution < 1.29 is 0 Å². The molecule has 3 heteroatoms. The van der Waals surface area contributed by atoms with E-state index in [0.29, 0.717) is 6.04 Å². The highest BCUT2D eigenvalue weighted by molar-refractivity contribution is 7.17. The Morgan fingerprint density at radius 3 is 3.11 bits per heavy atom. The third-order valence-corrected chi connectivity index (χ3v) is 4.81. The molecule has 1 aromatic heterocycles. The topological polar surface area (TPSA) is 35.8 Å². The summed E-state index contributed by atoms with van der Waals surface area (Å²) in [6.07, 6.45) is 3.37. The Labute approximate surface area is 111 Å². The van der Waals surface area contributed by atoms with E-state index in [9.17, 15) is 0 Å². The first-order valence-electron chi connectivity index (χ1n) is 6.46. The fourth-order valence-corrected chi connectivity index (χ4v) is 3.73. The number of benzene rings is 1. The van der Waals surface area contributed by atoms with E-state index in [2.05, 4.69) is 41.0 Å². The van der Waals surface area contributed by atoms with Crippen LogP contribution in [0.1, 0.15) is 24.8 Å². The van der Waals surface area contributed by atoms with E-state index in [-0.39, 0.29) is 5.92 Å². The molecule has 0 amide bonds. The summed E-state index contributed by atoms with van der Waals surface area (Å²) in [5.41, 5.74) is 1.36. The summed E-state index contributed by atoms with van der Waals surface area (Å²) in [5.74, 6) is 0.204. The van der Waals surface area contributed by atoms with Gasteiger partial charge in [-0.2, -0.15) is 5.26 Å². The molecule has 2 atom stereocenters. The summed E-state index contributed by atoms with van der Waals surface area (Å²) in [6, 6.07) is 11.3. The minimum Gasteiger partial charge on any atom is -0.309 e. The van der Waals surface area contributed by atoms with Gasteiger partial charge in [-0.05, 0) is 35.2 Å². The molecule has 1 heterocycles. The third kappa shape index (κ3) is 2.14. The highest BCUT2D eigenvalue weighted by atomic mass is 32.1. The number of hydrogen-bond acceptors (Lipinski definition) is 3. The van der Waals surface area contributed by atoms with Gasteiger partial charge in [-0.15, -0.1) is 11.3 Å². The van der Waals surface area contributed by atoms with E-state index in [4.69, 9.17) is 5.26 Å². The zero-order valence-electron chi connectivity index (χ0n) is 10.2. The predicted molar refractivity (Wildman–Crippen MR) is 75.4 cm³/mol. The van der Waals surface area contributed by atoms with Gasteiger partial charge in [0.1, 0.15) is 0 Å². The fraction of sp³-hybridized carbons (Fsp3) is 0.400. The van der Waals surface area contributed by atoms with Crippen LogP contribution in [0, 0.1) is 17.2 Å². The van der Waals surface area contributed by atoms with Gasteiger partial charge in [0.25, 0.3) is 0 Å². The quantitative estimate of drug-likeness (QED) is 0.909. The average Bonchev–Trinajstić information content (AvgIpc) is 3.02. The zero-order valence-corrected chi connectivity index (χ0v) is 11.0. The lowest BCUT2D eigenvalue weighted by Crippen LogP contribution is -2.31. The Morgan fingerprint density at radius 2 is 2.22 bits per heavy atom. The maximum absolute atomic E-state index is 9.08. The molecule has 3 rings (SSSR count). The Bertz CT molecular complexity index is 581. The van der Waals surface area contributed by atoms with Crippen molar-refractivity contribution in [3.05, 3.63) is 35.2 Å². The number of nitriles is 1. The molecule has 1 aliphatic carbocycles. The normalized spacial score (nSPS) is 23.3. The van der Waals surface area contributed by atoms with Crippen LogP contribution in [-0.2, 0) is 6.54 Å². The van der Waals surface area contributed by atoms with E-state index in [1.165, 1.54) is 22.1 Å². The molecule has 2 nitrogen and oxygen atoms in total. The summed E-state index contributed by atoms with van der Waals surface area (Å²) in [4.78, 5) is 0. The van der Waals surface area contributed by atoms with Crippen LogP contribution < -0.4 is 5.32 Å². The summed E-state index contributed by atoms with van der Waals surface area (Å²) in [6.45, 7) is 0.882. The summed E-state index contributed by atoms with van der Waals surface area (Å²) >= 11 is 1.80. The maximum atomic E-state index is 9.08. The third-order valence-electron chi connectivity index (χ3n) is 3.80. The van der Waals surface area contributed by atoms with Gasteiger partial charge in [0.05, 0.1) is 12.0 Å². The second kappa shape index (κ2) is 5.09.